The molecule has 0 bridgehead atoms. The van der Waals surface area contributed by atoms with Crippen molar-refractivity contribution >= 4 is 0 Å². The summed E-state index contributed by atoms with van der Waals surface area (Å²) < 4.78 is 40.0. The van der Waals surface area contributed by atoms with E-state index in [1.165, 1.54) is 0 Å². The van der Waals surface area contributed by atoms with Crippen molar-refractivity contribution in [2.24, 2.45) is 11.8 Å². The van der Waals surface area contributed by atoms with Crippen LogP contribution in [0.4, 0.5) is 0 Å². The van der Waals surface area contributed by atoms with Crippen molar-refractivity contribution in [3.63, 3.8) is 0 Å². The summed E-state index contributed by atoms with van der Waals surface area (Å²) in [6.07, 6.45) is -0.297. The van der Waals surface area contributed by atoms with Gasteiger partial charge in [0.15, 0.2) is 6.29 Å². The second-order valence-corrected chi connectivity index (χ2v) is 6.92. The Balaban J connectivity index is 1.45. The van der Waals surface area contributed by atoms with Crippen molar-refractivity contribution in [2.45, 2.75) is 6.29 Å². The Morgan fingerprint density at radius 3 is 1.43 bits per heavy atom. The second kappa shape index (κ2) is 13.2. The monoisotopic (exact) mass is 396 g/mol. The van der Waals surface area contributed by atoms with Gasteiger partial charge in [0.2, 0.25) is 0 Å². The van der Waals surface area contributed by atoms with E-state index in [1.54, 1.807) is 0 Å². The first-order valence-electron chi connectivity index (χ1n) is 10.1. The summed E-state index contributed by atoms with van der Waals surface area (Å²) in [5, 5.41) is 0. The smallest absolute Gasteiger partial charge is 0.183 e. The summed E-state index contributed by atoms with van der Waals surface area (Å²) in [6, 6.07) is 10.0. The van der Waals surface area contributed by atoms with Gasteiger partial charge in [0, 0.05) is 17.4 Å². The zero-order valence-corrected chi connectivity index (χ0v) is 16.5. The molecule has 28 heavy (non-hydrogen) atoms. The fourth-order valence-electron chi connectivity index (χ4n) is 3.16. The Bertz CT molecular complexity index is 489. The Morgan fingerprint density at radius 1 is 0.500 bits per heavy atom. The molecule has 0 aliphatic carbocycles. The summed E-state index contributed by atoms with van der Waals surface area (Å²) in [7, 11) is 0. The molecule has 0 saturated carbocycles. The molecule has 0 amide bonds. The molecule has 158 valence electrons. The van der Waals surface area contributed by atoms with E-state index in [1.807, 2.05) is 30.3 Å². The quantitative estimate of drug-likeness (QED) is 0.758. The van der Waals surface area contributed by atoms with E-state index >= 15 is 0 Å². The fourth-order valence-corrected chi connectivity index (χ4v) is 3.16. The third-order valence-corrected chi connectivity index (χ3v) is 4.81. The molecule has 2 heterocycles. The number of hydrogen-bond acceptors (Lipinski definition) is 7. The molecule has 2 fully saturated rings. The molecule has 1 aromatic carbocycles. The van der Waals surface area contributed by atoms with Crippen LogP contribution in [0.25, 0.3) is 0 Å². The van der Waals surface area contributed by atoms with Crippen LogP contribution >= 0.6 is 0 Å². The molecule has 2 aliphatic heterocycles. The highest BCUT2D eigenvalue weighted by Crippen LogP contribution is 2.28. The van der Waals surface area contributed by atoms with Crippen molar-refractivity contribution < 1.29 is 33.2 Å². The van der Waals surface area contributed by atoms with Gasteiger partial charge in [-0.2, -0.15) is 0 Å². The van der Waals surface area contributed by atoms with E-state index in [2.05, 4.69) is 0 Å². The molecule has 3 rings (SSSR count). The fraction of sp³-hybridized carbons (Fsp3) is 0.714. The minimum Gasteiger partial charge on any atom is -0.379 e. The van der Waals surface area contributed by atoms with Crippen molar-refractivity contribution in [1.29, 1.82) is 0 Å². The first-order chi connectivity index (χ1) is 13.9. The van der Waals surface area contributed by atoms with E-state index < -0.39 is 0 Å². The van der Waals surface area contributed by atoms with Crippen molar-refractivity contribution in [2.75, 3.05) is 79.3 Å². The van der Waals surface area contributed by atoms with E-state index in [-0.39, 0.29) is 18.1 Å². The average molecular weight is 396 g/mol. The second-order valence-electron chi connectivity index (χ2n) is 6.92. The van der Waals surface area contributed by atoms with Crippen molar-refractivity contribution in [3.05, 3.63) is 35.9 Å². The Morgan fingerprint density at radius 2 is 0.929 bits per heavy atom. The van der Waals surface area contributed by atoms with Crippen LogP contribution < -0.4 is 0 Å². The van der Waals surface area contributed by atoms with Crippen LogP contribution in [0.3, 0.4) is 0 Å². The third-order valence-electron chi connectivity index (χ3n) is 4.81. The zero-order chi connectivity index (χ0) is 19.3. The lowest BCUT2D eigenvalue weighted by Crippen LogP contribution is -2.37. The van der Waals surface area contributed by atoms with Crippen molar-refractivity contribution in [3.8, 4) is 0 Å². The van der Waals surface area contributed by atoms with E-state index in [4.69, 9.17) is 33.2 Å². The lowest BCUT2D eigenvalue weighted by atomic mass is 9.94. The summed E-state index contributed by atoms with van der Waals surface area (Å²) >= 11 is 0. The summed E-state index contributed by atoms with van der Waals surface area (Å²) in [4.78, 5) is 0. The Kier molecular flexibility index (Phi) is 10.2. The summed E-state index contributed by atoms with van der Waals surface area (Å²) in [6.45, 7) is 6.94. The Hall–Kier alpha value is -1.06. The van der Waals surface area contributed by atoms with Crippen LogP contribution in [0.15, 0.2) is 30.3 Å². The molecule has 0 N–H and O–H groups in total. The van der Waals surface area contributed by atoms with Gasteiger partial charge in [-0.1, -0.05) is 30.3 Å². The van der Waals surface area contributed by atoms with E-state index in [9.17, 15) is 0 Å². The molecule has 1 aromatic rings. The SMILES string of the molecule is c1ccc(C2OCC(C3COCCOCCOCCOCCOC3)CO2)cc1. The van der Waals surface area contributed by atoms with Gasteiger partial charge in [0.05, 0.1) is 79.3 Å². The highest BCUT2D eigenvalue weighted by Gasteiger charge is 2.30. The normalized spacial score (nSPS) is 28.0. The molecule has 0 spiro atoms. The number of hydrogen-bond donors (Lipinski definition) is 0. The molecule has 7 heteroatoms. The van der Waals surface area contributed by atoms with E-state index in [0.717, 1.165) is 5.56 Å². The highest BCUT2D eigenvalue weighted by molar-refractivity contribution is 5.16. The number of ether oxygens (including phenoxy) is 7. The van der Waals surface area contributed by atoms with Gasteiger partial charge in [-0.3, -0.25) is 0 Å². The van der Waals surface area contributed by atoms with E-state index in [0.29, 0.717) is 79.3 Å². The maximum absolute atomic E-state index is 5.97. The maximum atomic E-state index is 5.97. The molecular formula is C21H32O7. The topological polar surface area (TPSA) is 64.6 Å². The van der Waals surface area contributed by atoms with Gasteiger partial charge in [0.25, 0.3) is 0 Å². The first kappa shape index (κ1) is 21.6. The van der Waals surface area contributed by atoms with Crippen LogP contribution in [0.2, 0.25) is 0 Å². The van der Waals surface area contributed by atoms with Crippen molar-refractivity contribution in [1.82, 2.24) is 0 Å². The van der Waals surface area contributed by atoms with Crippen LogP contribution in [-0.2, 0) is 33.2 Å². The molecule has 2 aliphatic rings. The van der Waals surface area contributed by atoms with Crippen LogP contribution in [0.5, 0.6) is 0 Å². The number of rotatable bonds is 2. The summed E-state index contributed by atoms with van der Waals surface area (Å²) in [5.74, 6) is 0.432. The minimum atomic E-state index is -0.297. The first-order valence-corrected chi connectivity index (χ1v) is 10.1. The van der Waals surface area contributed by atoms with Crippen LogP contribution in [0, 0.1) is 11.8 Å². The van der Waals surface area contributed by atoms with Gasteiger partial charge < -0.3 is 33.2 Å². The maximum Gasteiger partial charge on any atom is 0.183 e. The number of benzene rings is 1. The predicted octanol–water partition coefficient (Wildman–Crippen LogP) is 2.06. The lowest BCUT2D eigenvalue weighted by molar-refractivity contribution is -0.218. The minimum absolute atomic E-state index is 0.202. The molecular weight excluding hydrogens is 364 g/mol. The van der Waals surface area contributed by atoms with Crippen LogP contribution in [-0.4, -0.2) is 79.3 Å². The molecule has 0 atom stereocenters. The third kappa shape index (κ3) is 7.75. The highest BCUT2D eigenvalue weighted by atomic mass is 16.7. The standard InChI is InChI=1S/C21H32O7/c1-2-4-18(5-3-1)21-27-16-20(17-28-21)19-14-25-12-10-23-8-6-22-7-9-24-11-13-26-15-19/h1-5,19-21H,6-17H2. The summed E-state index contributed by atoms with van der Waals surface area (Å²) in [5.41, 5.74) is 1.05. The van der Waals surface area contributed by atoms with Gasteiger partial charge in [-0.15, -0.1) is 0 Å². The van der Waals surface area contributed by atoms with Gasteiger partial charge in [0.1, 0.15) is 0 Å². The van der Waals surface area contributed by atoms with Gasteiger partial charge in [-0.25, -0.2) is 0 Å². The largest absolute Gasteiger partial charge is 0.379 e. The zero-order valence-electron chi connectivity index (χ0n) is 16.5. The molecule has 0 aromatic heterocycles. The van der Waals surface area contributed by atoms with Crippen LogP contribution in [0.1, 0.15) is 11.9 Å². The molecule has 7 nitrogen and oxygen atoms in total. The lowest BCUT2D eigenvalue weighted by Gasteiger charge is -2.34. The molecule has 0 unspecified atom stereocenters. The Labute approximate surface area is 167 Å². The predicted molar refractivity (Wildman–Crippen MR) is 102 cm³/mol. The molecule has 2 saturated heterocycles. The average Bonchev–Trinajstić information content (AvgIpc) is 2.75. The van der Waals surface area contributed by atoms with Gasteiger partial charge in [-0.05, 0) is 0 Å². The molecule has 0 radical (unpaired) electrons. The van der Waals surface area contributed by atoms with Gasteiger partial charge >= 0.3 is 0 Å².